The molecule has 0 spiro atoms. The van der Waals surface area contributed by atoms with Gasteiger partial charge in [0.1, 0.15) is 0 Å². The van der Waals surface area contributed by atoms with Gasteiger partial charge in [0, 0.05) is 0 Å². The molecular weight excluding hydrogens is 204 g/mol. The summed E-state index contributed by atoms with van der Waals surface area (Å²) in [6.07, 6.45) is 3.83. The maximum absolute atomic E-state index is 2.27. The predicted octanol–water partition coefficient (Wildman–Crippen LogP) is 6.21. The molecule has 100 valence electrons. The molecule has 0 nitrogen and oxygen atoms in total. The fourth-order valence-electron chi connectivity index (χ4n) is 1.69. The van der Waals surface area contributed by atoms with Gasteiger partial charge in [-0.1, -0.05) is 79.2 Å². The highest BCUT2D eigenvalue weighted by Crippen LogP contribution is 2.20. The van der Waals surface area contributed by atoms with Gasteiger partial charge in [0.25, 0.3) is 0 Å². The second-order valence-corrected chi connectivity index (χ2v) is 3.96. The van der Waals surface area contributed by atoms with Crippen LogP contribution in [0.1, 0.15) is 78.4 Å². The average Bonchev–Trinajstić information content (AvgIpc) is 2.41. The molecule has 0 heteroatoms. The number of benzene rings is 1. The average molecular weight is 236 g/mol. The van der Waals surface area contributed by atoms with Crippen LogP contribution >= 0.6 is 0 Å². The van der Waals surface area contributed by atoms with Crippen LogP contribution in [0.3, 0.4) is 0 Å². The lowest BCUT2D eigenvalue weighted by Crippen LogP contribution is -1.95. The lowest BCUT2D eigenvalue weighted by molar-refractivity contribution is 0.767. The molecule has 0 N–H and O–H groups in total. The first kappa shape index (κ1) is 18.6. The van der Waals surface area contributed by atoms with E-state index in [0.29, 0.717) is 5.92 Å². The van der Waals surface area contributed by atoms with Crippen molar-refractivity contribution in [2.45, 2.75) is 73.6 Å². The van der Waals surface area contributed by atoms with E-state index < -0.39 is 0 Å². The topological polar surface area (TPSA) is 0 Å². The summed E-state index contributed by atoms with van der Waals surface area (Å²) in [7, 11) is 0. The molecule has 0 atom stereocenters. The number of hydrogen-bond donors (Lipinski definition) is 0. The van der Waals surface area contributed by atoms with Gasteiger partial charge in [0.05, 0.1) is 0 Å². The largest absolute Gasteiger partial charge is 0.0683 e. The molecule has 0 aliphatic carbocycles. The van der Waals surface area contributed by atoms with Gasteiger partial charge in [-0.25, -0.2) is 0 Å². The SMILES string of the molecule is CC.CC.CCCCc1ccccc1C(C)C. The Morgan fingerprint density at radius 1 is 0.941 bits per heavy atom. The lowest BCUT2D eigenvalue weighted by Gasteiger charge is -2.11. The maximum atomic E-state index is 2.27. The normalized spacial score (nSPS) is 8.94. The van der Waals surface area contributed by atoms with E-state index in [4.69, 9.17) is 0 Å². The van der Waals surface area contributed by atoms with Crippen molar-refractivity contribution in [3.63, 3.8) is 0 Å². The second-order valence-electron chi connectivity index (χ2n) is 3.96. The Hall–Kier alpha value is -0.780. The number of hydrogen-bond acceptors (Lipinski definition) is 0. The van der Waals surface area contributed by atoms with Crippen LogP contribution in [0.4, 0.5) is 0 Å². The zero-order chi connectivity index (χ0) is 13.7. The molecule has 1 rings (SSSR count). The van der Waals surface area contributed by atoms with Crippen LogP contribution in [0.25, 0.3) is 0 Å². The first-order valence-electron chi connectivity index (χ1n) is 7.33. The molecule has 1 aromatic rings. The summed E-state index contributed by atoms with van der Waals surface area (Å²) in [6, 6.07) is 8.82. The van der Waals surface area contributed by atoms with Gasteiger partial charge in [0.2, 0.25) is 0 Å². The van der Waals surface area contributed by atoms with Gasteiger partial charge >= 0.3 is 0 Å². The molecule has 17 heavy (non-hydrogen) atoms. The molecule has 0 aliphatic rings. The van der Waals surface area contributed by atoms with Crippen LogP contribution in [0.2, 0.25) is 0 Å². The Labute approximate surface area is 109 Å². The van der Waals surface area contributed by atoms with Gasteiger partial charge in [-0.3, -0.25) is 0 Å². The van der Waals surface area contributed by atoms with E-state index in [2.05, 4.69) is 45.0 Å². The fourth-order valence-corrected chi connectivity index (χ4v) is 1.69. The first-order valence-corrected chi connectivity index (χ1v) is 7.33. The predicted molar refractivity (Wildman–Crippen MR) is 81.8 cm³/mol. The fraction of sp³-hybridized carbons (Fsp3) is 0.647. The summed E-state index contributed by atoms with van der Waals surface area (Å²) in [5, 5.41) is 0. The minimum absolute atomic E-state index is 0.660. The minimum Gasteiger partial charge on any atom is -0.0683 e. The number of rotatable bonds is 4. The van der Waals surface area contributed by atoms with Crippen molar-refractivity contribution in [3.8, 4) is 0 Å². The van der Waals surface area contributed by atoms with Crippen LogP contribution in [-0.2, 0) is 6.42 Å². The van der Waals surface area contributed by atoms with Crippen molar-refractivity contribution in [2.75, 3.05) is 0 Å². The van der Waals surface area contributed by atoms with Gasteiger partial charge < -0.3 is 0 Å². The van der Waals surface area contributed by atoms with E-state index in [1.54, 1.807) is 5.56 Å². The summed E-state index contributed by atoms with van der Waals surface area (Å²) in [6.45, 7) is 14.8. The number of aryl methyl sites for hydroxylation is 1. The van der Waals surface area contributed by atoms with Gasteiger partial charge in [0.15, 0.2) is 0 Å². The van der Waals surface area contributed by atoms with Crippen LogP contribution in [-0.4, -0.2) is 0 Å². The van der Waals surface area contributed by atoms with Crippen molar-refractivity contribution >= 4 is 0 Å². The van der Waals surface area contributed by atoms with E-state index in [0.717, 1.165) is 0 Å². The molecule has 0 aromatic heterocycles. The third-order valence-electron chi connectivity index (χ3n) is 2.48. The van der Waals surface area contributed by atoms with Crippen molar-refractivity contribution in [1.29, 1.82) is 0 Å². The monoisotopic (exact) mass is 236 g/mol. The summed E-state index contributed by atoms with van der Waals surface area (Å²) < 4.78 is 0. The molecule has 0 saturated carbocycles. The minimum atomic E-state index is 0.660. The molecule has 0 fully saturated rings. The van der Waals surface area contributed by atoms with E-state index in [1.165, 1.54) is 24.8 Å². The standard InChI is InChI=1S/C13H20.2C2H6/c1-4-5-8-12-9-6-7-10-13(12)11(2)3;2*1-2/h6-7,9-11H,4-5,8H2,1-3H3;2*1-2H3. The highest BCUT2D eigenvalue weighted by Gasteiger charge is 2.04. The van der Waals surface area contributed by atoms with Crippen LogP contribution in [0.15, 0.2) is 24.3 Å². The van der Waals surface area contributed by atoms with Gasteiger partial charge in [-0.2, -0.15) is 0 Å². The third-order valence-corrected chi connectivity index (χ3v) is 2.48. The van der Waals surface area contributed by atoms with Crippen molar-refractivity contribution in [2.24, 2.45) is 0 Å². The molecule has 0 saturated heterocycles. The Morgan fingerprint density at radius 2 is 1.47 bits per heavy atom. The van der Waals surface area contributed by atoms with Crippen molar-refractivity contribution in [1.82, 2.24) is 0 Å². The van der Waals surface area contributed by atoms with Crippen molar-refractivity contribution in [3.05, 3.63) is 35.4 Å². The number of unbranched alkanes of at least 4 members (excludes halogenated alkanes) is 1. The highest BCUT2D eigenvalue weighted by molar-refractivity contribution is 5.29. The zero-order valence-electron chi connectivity index (χ0n) is 13.0. The molecule has 1 aromatic carbocycles. The highest BCUT2D eigenvalue weighted by atomic mass is 14.1. The Kier molecular flexibility index (Phi) is 14.5. The Morgan fingerprint density at radius 3 is 1.94 bits per heavy atom. The van der Waals surface area contributed by atoms with Crippen LogP contribution in [0, 0.1) is 0 Å². The van der Waals surface area contributed by atoms with Gasteiger partial charge in [-0.15, -0.1) is 0 Å². The van der Waals surface area contributed by atoms with Crippen LogP contribution in [0.5, 0.6) is 0 Å². The molecule has 0 bridgehead atoms. The van der Waals surface area contributed by atoms with Gasteiger partial charge in [-0.05, 0) is 29.9 Å². The lowest BCUT2D eigenvalue weighted by atomic mass is 9.94. The van der Waals surface area contributed by atoms with E-state index in [1.807, 2.05) is 27.7 Å². The Balaban J connectivity index is 0. The molecule has 0 heterocycles. The second kappa shape index (κ2) is 13.3. The smallest absolute Gasteiger partial charge is 0.0216 e. The molecular formula is C17H32. The van der Waals surface area contributed by atoms with Crippen LogP contribution < -0.4 is 0 Å². The van der Waals surface area contributed by atoms with E-state index in [-0.39, 0.29) is 0 Å². The third kappa shape index (κ3) is 8.01. The molecule has 0 unspecified atom stereocenters. The van der Waals surface area contributed by atoms with Crippen molar-refractivity contribution < 1.29 is 0 Å². The molecule has 0 amide bonds. The Bertz CT molecular complexity index is 248. The summed E-state index contributed by atoms with van der Waals surface area (Å²) in [5.74, 6) is 0.660. The summed E-state index contributed by atoms with van der Waals surface area (Å²) in [4.78, 5) is 0. The molecule has 0 radical (unpaired) electrons. The van der Waals surface area contributed by atoms with E-state index in [9.17, 15) is 0 Å². The quantitative estimate of drug-likeness (QED) is 0.583. The molecule has 0 aliphatic heterocycles. The first-order chi connectivity index (χ1) is 8.25. The summed E-state index contributed by atoms with van der Waals surface area (Å²) in [5.41, 5.74) is 3.07. The van der Waals surface area contributed by atoms with E-state index >= 15 is 0 Å². The summed E-state index contributed by atoms with van der Waals surface area (Å²) >= 11 is 0. The maximum Gasteiger partial charge on any atom is -0.0216 e. The zero-order valence-corrected chi connectivity index (χ0v) is 13.0.